The third-order valence-corrected chi connectivity index (χ3v) is 4.67. The Morgan fingerprint density at radius 1 is 1.12 bits per heavy atom. The van der Waals surface area contributed by atoms with Gasteiger partial charge in [0.05, 0.1) is 5.56 Å². The molecule has 2 N–H and O–H groups in total. The molecule has 1 aliphatic rings. The molecule has 1 saturated heterocycles. The number of aryl methyl sites for hydroxylation is 1. The highest BCUT2D eigenvalue weighted by molar-refractivity contribution is 5.62. The second-order valence-corrected chi connectivity index (χ2v) is 6.47. The minimum atomic E-state index is 0.314. The Hall–Kier alpha value is -2.73. The van der Waals surface area contributed by atoms with Gasteiger partial charge < -0.3 is 15.2 Å². The summed E-state index contributed by atoms with van der Waals surface area (Å²) in [6.07, 6.45) is 3.80. The maximum Gasteiger partial charge on any atom is 0.259 e. The molecular formula is C19H21N5O. The average Bonchev–Trinajstić information content (AvgIpc) is 3.13. The summed E-state index contributed by atoms with van der Waals surface area (Å²) >= 11 is 0. The van der Waals surface area contributed by atoms with E-state index >= 15 is 0 Å². The second kappa shape index (κ2) is 6.64. The average molecular weight is 335 g/mol. The van der Waals surface area contributed by atoms with Crippen LogP contribution in [-0.4, -0.2) is 34.3 Å². The van der Waals surface area contributed by atoms with E-state index in [4.69, 9.17) is 10.3 Å². The van der Waals surface area contributed by atoms with Gasteiger partial charge in [-0.1, -0.05) is 29.4 Å². The van der Waals surface area contributed by atoms with Gasteiger partial charge in [-0.15, -0.1) is 0 Å². The van der Waals surface area contributed by atoms with Crippen molar-refractivity contribution >= 4 is 5.82 Å². The molecule has 0 atom stereocenters. The third kappa shape index (κ3) is 3.25. The van der Waals surface area contributed by atoms with E-state index in [1.54, 1.807) is 6.20 Å². The zero-order chi connectivity index (χ0) is 17.2. The molecule has 0 spiro atoms. The number of piperidine rings is 1. The molecule has 128 valence electrons. The Morgan fingerprint density at radius 2 is 1.92 bits per heavy atom. The van der Waals surface area contributed by atoms with Crippen molar-refractivity contribution in [2.75, 3.05) is 18.0 Å². The Labute approximate surface area is 146 Å². The monoisotopic (exact) mass is 335 g/mol. The Morgan fingerprint density at radius 3 is 2.64 bits per heavy atom. The van der Waals surface area contributed by atoms with Crippen molar-refractivity contribution in [3.8, 4) is 22.8 Å². The van der Waals surface area contributed by atoms with Gasteiger partial charge in [0.15, 0.2) is 0 Å². The van der Waals surface area contributed by atoms with Crippen LogP contribution in [-0.2, 0) is 0 Å². The zero-order valence-corrected chi connectivity index (χ0v) is 14.2. The zero-order valence-electron chi connectivity index (χ0n) is 14.2. The lowest BCUT2D eigenvalue weighted by Crippen LogP contribution is -2.40. The molecule has 0 aliphatic carbocycles. The van der Waals surface area contributed by atoms with Crippen LogP contribution in [0.1, 0.15) is 18.4 Å². The Balaban J connectivity index is 1.54. The standard InChI is InChI=1S/C19H21N5O/c1-13-4-2-3-5-16(13)18-22-19(25-23-18)14-6-7-17(21-12-14)24-10-8-15(20)9-11-24/h2-7,12,15H,8-11,20H2,1H3. The van der Waals surface area contributed by atoms with Gasteiger partial charge in [-0.3, -0.25) is 0 Å². The summed E-state index contributed by atoms with van der Waals surface area (Å²) in [4.78, 5) is 11.3. The van der Waals surface area contributed by atoms with Crippen LogP contribution in [0.25, 0.3) is 22.8 Å². The van der Waals surface area contributed by atoms with Crippen molar-refractivity contribution in [2.24, 2.45) is 5.73 Å². The topological polar surface area (TPSA) is 81.1 Å². The van der Waals surface area contributed by atoms with Crippen LogP contribution < -0.4 is 10.6 Å². The molecule has 6 heteroatoms. The fraction of sp³-hybridized carbons (Fsp3) is 0.316. The fourth-order valence-electron chi connectivity index (χ4n) is 3.10. The van der Waals surface area contributed by atoms with Crippen molar-refractivity contribution < 1.29 is 4.52 Å². The summed E-state index contributed by atoms with van der Waals surface area (Å²) in [6, 6.07) is 12.3. The molecule has 6 nitrogen and oxygen atoms in total. The van der Waals surface area contributed by atoms with E-state index in [0.717, 1.165) is 48.4 Å². The van der Waals surface area contributed by atoms with Crippen molar-refractivity contribution in [2.45, 2.75) is 25.8 Å². The lowest BCUT2D eigenvalue weighted by molar-refractivity contribution is 0.432. The van der Waals surface area contributed by atoms with Gasteiger partial charge in [0.1, 0.15) is 5.82 Å². The maximum absolute atomic E-state index is 5.96. The van der Waals surface area contributed by atoms with Gasteiger partial charge in [0, 0.05) is 30.9 Å². The summed E-state index contributed by atoms with van der Waals surface area (Å²) < 4.78 is 5.43. The molecule has 2 aromatic heterocycles. The van der Waals surface area contributed by atoms with E-state index in [2.05, 4.69) is 20.0 Å². The highest BCUT2D eigenvalue weighted by Gasteiger charge is 2.18. The SMILES string of the molecule is Cc1ccccc1-c1noc(-c2ccc(N3CCC(N)CC3)nc2)n1. The molecule has 4 rings (SSSR count). The van der Waals surface area contributed by atoms with E-state index in [-0.39, 0.29) is 0 Å². The maximum atomic E-state index is 5.96. The number of pyridine rings is 1. The van der Waals surface area contributed by atoms with Crippen LogP contribution in [0.15, 0.2) is 47.1 Å². The van der Waals surface area contributed by atoms with Gasteiger partial charge >= 0.3 is 0 Å². The minimum Gasteiger partial charge on any atom is -0.357 e. The number of anilines is 1. The molecule has 1 aliphatic heterocycles. The van der Waals surface area contributed by atoms with Gasteiger partial charge in [-0.25, -0.2) is 4.98 Å². The summed E-state index contributed by atoms with van der Waals surface area (Å²) in [6.45, 7) is 3.93. The van der Waals surface area contributed by atoms with E-state index in [9.17, 15) is 0 Å². The predicted molar refractivity (Wildman–Crippen MR) is 97.1 cm³/mol. The summed E-state index contributed by atoms with van der Waals surface area (Å²) in [5, 5.41) is 4.11. The third-order valence-electron chi connectivity index (χ3n) is 4.67. The molecule has 0 bridgehead atoms. The lowest BCUT2D eigenvalue weighted by Gasteiger charge is -2.31. The number of nitrogens with two attached hydrogens (primary N) is 1. The molecule has 1 aromatic carbocycles. The number of aromatic nitrogens is 3. The quantitative estimate of drug-likeness (QED) is 0.792. The Bertz CT molecular complexity index is 850. The van der Waals surface area contributed by atoms with E-state index in [1.807, 2.05) is 43.3 Å². The first-order chi connectivity index (χ1) is 12.2. The first-order valence-corrected chi connectivity index (χ1v) is 8.57. The first kappa shape index (κ1) is 15.8. The summed E-state index contributed by atoms with van der Waals surface area (Å²) in [5.74, 6) is 2.05. The van der Waals surface area contributed by atoms with E-state index in [1.165, 1.54) is 0 Å². The predicted octanol–water partition coefficient (Wildman–Crippen LogP) is 3.03. The number of nitrogens with zero attached hydrogens (tertiary/aromatic N) is 4. The molecule has 0 radical (unpaired) electrons. The van der Waals surface area contributed by atoms with Crippen molar-refractivity contribution in [3.05, 3.63) is 48.2 Å². The molecule has 25 heavy (non-hydrogen) atoms. The molecule has 0 unspecified atom stereocenters. The smallest absolute Gasteiger partial charge is 0.259 e. The largest absolute Gasteiger partial charge is 0.357 e. The van der Waals surface area contributed by atoms with Crippen molar-refractivity contribution in [1.82, 2.24) is 15.1 Å². The number of hydrogen-bond acceptors (Lipinski definition) is 6. The first-order valence-electron chi connectivity index (χ1n) is 8.57. The van der Waals surface area contributed by atoms with Crippen LogP contribution in [0.4, 0.5) is 5.82 Å². The fourth-order valence-corrected chi connectivity index (χ4v) is 3.10. The van der Waals surface area contributed by atoms with E-state index in [0.29, 0.717) is 17.8 Å². The second-order valence-electron chi connectivity index (χ2n) is 6.47. The van der Waals surface area contributed by atoms with Gasteiger partial charge in [-0.05, 0) is 37.5 Å². The number of hydrogen-bond donors (Lipinski definition) is 1. The highest BCUT2D eigenvalue weighted by atomic mass is 16.5. The molecule has 0 saturated carbocycles. The summed E-state index contributed by atoms with van der Waals surface area (Å²) in [5.41, 5.74) is 8.88. The molecule has 0 amide bonds. The van der Waals surface area contributed by atoms with Crippen LogP contribution >= 0.6 is 0 Å². The van der Waals surface area contributed by atoms with Crippen LogP contribution in [0.3, 0.4) is 0 Å². The summed E-state index contributed by atoms with van der Waals surface area (Å²) in [7, 11) is 0. The van der Waals surface area contributed by atoms with Gasteiger partial charge in [0.25, 0.3) is 5.89 Å². The van der Waals surface area contributed by atoms with Crippen LogP contribution in [0.5, 0.6) is 0 Å². The van der Waals surface area contributed by atoms with Crippen LogP contribution in [0, 0.1) is 6.92 Å². The molecule has 3 heterocycles. The highest BCUT2D eigenvalue weighted by Crippen LogP contribution is 2.25. The van der Waals surface area contributed by atoms with Crippen LogP contribution in [0.2, 0.25) is 0 Å². The molecule has 3 aromatic rings. The van der Waals surface area contributed by atoms with Gasteiger partial charge in [0.2, 0.25) is 5.82 Å². The van der Waals surface area contributed by atoms with E-state index < -0.39 is 0 Å². The minimum absolute atomic E-state index is 0.314. The number of rotatable bonds is 3. The lowest BCUT2D eigenvalue weighted by atomic mass is 10.1. The molecular weight excluding hydrogens is 314 g/mol. The normalized spacial score (nSPS) is 15.5. The van der Waals surface area contributed by atoms with Crippen molar-refractivity contribution in [3.63, 3.8) is 0 Å². The molecule has 1 fully saturated rings. The Kier molecular flexibility index (Phi) is 4.19. The van der Waals surface area contributed by atoms with Gasteiger partial charge in [-0.2, -0.15) is 4.98 Å². The van der Waals surface area contributed by atoms with Crippen molar-refractivity contribution in [1.29, 1.82) is 0 Å². The number of benzene rings is 1.